The van der Waals surface area contributed by atoms with Crippen molar-refractivity contribution in [1.82, 2.24) is 9.97 Å². The summed E-state index contributed by atoms with van der Waals surface area (Å²) in [6.07, 6.45) is 4.59. The summed E-state index contributed by atoms with van der Waals surface area (Å²) < 4.78 is 5.11. The van der Waals surface area contributed by atoms with E-state index < -0.39 is 0 Å². The van der Waals surface area contributed by atoms with E-state index in [1.54, 1.807) is 37.6 Å². The molecule has 0 bridgehead atoms. The fourth-order valence-electron chi connectivity index (χ4n) is 3.18. The molecule has 0 unspecified atom stereocenters. The molecular weight excluding hydrogens is 364 g/mol. The standard InChI is InChI=1S/C23H22N4O2/c1-29-19-9-6-16(7-10-19)23(28)27-18-8-11-22(26-15-18)24-13-12-17-14-25-21-5-3-2-4-20(17)21/h2-11,14-15,25H,12-13H2,1H3,(H,24,26)(H,27,28). The number of carbonyl (C=O) groups excluding carboxylic acids is 1. The summed E-state index contributed by atoms with van der Waals surface area (Å²) in [5.74, 6) is 1.30. The van der Waals surface area contributed by atoms with Crippen molar-refractivity contribution in [3.8, 4) is 5.75 Å². The number of H-pyrrole nitrogens is 1. The van der Waals surface area contributed by atoms with Crippen molar-refractivity contribution in [3.05, 3.63) is 84.2 Å². The van der Waals surface area contributed by atoms with Gasteiger partial charge in [-0.1, -0.05) is 18.2 Å². The number of rotatable bonds is 7. The Balaban J connectivity index is 1.31. The third-order valence-electron chi connectivity index (χ3n) is 4.75. The summed E-state index contributed by atoms with van der Waals surface area (Å²) in [7, 11) is 1.59. The van der Waals surface area contributed by atoms with Gasteiger partial charge < -0.3 is 20.4 Å². The zero-order chi connectivity index (χ0) is 20.1. The van der Waals surface area contributed by atoms with Gasteiger partial charge >= 0.3 is 0 Å². The Kier molecular flexibility index (Phi) is 5.42. The molecule has 0 radical (unpaired) electrons. The molecule has 0 atom stereocenters. The van der Waals surface area contributed by atoms with Crippen LogP contribution in [0.5, 0.6) is 5.75 Å². The second kappa shape index (κ2) is 8.48. The predicted octanol–water partition coefficient (Wildman–Crippen LogP) is 4.48. The number of aromatic amines is 1. The van der Waals surface area contributed by atoms with Crippen LogP contribution >= 0.6 is 0 Å². The van der Waals surface area contributed by atoms with Crippen LogP contribution in [-0.2, 0) is 6.42 Å². The van der Waals surface area contributed by atoms with Crippen molar-refractivity contribution < 1.29 is 9.53 Å². The van der Waals surface area contributed by atoms with Crippen LogP contribution < -0.4 is 15.4 Å². The number of carbonyl (C=O) groups is 1. The molecule has 4 aromatic rings. The van der Waals surface area contributed by atoms with Gasteiger partial charge in [0.05, 0.1) is 19.0 Å². The maximum absolute atomic E-state index is 12.3. The number of benzene rings is 2. The van der Waals surface area contributed by atoms with E-state index in [0.717, 1.165) is 24.3 Å². The van der Waals surface area contributed by atoms with Crippen LogP contribution in [-0.4, -0.2) is 29.5 Å². The van der Waals surface area contributed by atoms with Crippen molar-refractivity contribution in [1.29, 1.82) is 0 Å². The van der Waals surface area contributed by atoms with Crippen LogP contribution in [0.25, 0.3) is 10.9 Å². The minimum Gasteiger partial charge on any atom is -0.497 e. The van der Waals surface area contributed by atoms with E-state index in [1.165, 1.54) is 10.9 Å². The predicted molar refractivity (Wildman–Crippen MR) is 116 cm³/mol. The van der Waals surface area contributed by atoms with E-state index in [1.807, 2.05) is 24.3 Å². The molecule has 146 valence electrons. The number of fused-ring (bicyclic) bond motifs is 1. The molecule has 4 rings (SSSR count). The van der Waals surface area contributed by atoms with E-state index in [-0.39, 0.29) is 5.91 Å². The summed E-state index contributed by atoms with van der Waals surface area (Å²) in [4.78, 5) is 20.0. The maximum Gasteiger partial charge on any atom is 0.255 e. The lowest BCUT2D eigenvalue weighted by Crippen LogP contribution is -2.12. The van der Waals surface area contributed by atoms with Gasteiger partial charge in [-0.15, -0.1) is 0 Å². The Morgan fingerprint density at radius 3 is 2.66 bits per heavy atom. The highest BCUT2D eigenvalue weighted by molar-refractivity contribution is 6.04. The van der Waals surface area contributed by atoms with Crippen molar-refractivity contribution in [2.75, 3.05) is 24.3 Å². The van der Waals surface area contributed by atoms with E-state index in [0.29, 0.717) is 17.0 Å². The van der Waals surface area contributed by atoms with E-state index in [2.05, 4.69) is 38.9 Å². The highest BCUT2D eigenvalue weighted by Crippen LogP contribution is 2.18. The lowest BCUT2D eigenvalue weighted by atomic mass is 10.1. The number of nitrogens with one attached hydrogen (secondary N) is 3. The van der Waals surface area contributed by atoms with Gasteiger partial charge in [0.2, 0.25) is 0 Å². The maximum atomic E-state index is 12.3. The van der Waals surface area contributed by atoms with Crippen LogP contribution in [0.15, 0.2) is 73.1 Å². The third kappa shape index (κ3) is 4.38. The van der Waals surface area contributed by atoms with Gasteiger partial charge in [-0.05, 0) is 54.4 Å². The van der Waals surface area contributed by atoms with Gasteiger partial charge in [0.25, 0.3) is 5.91 Å². The van der Waals surface area contributed by atoms with Crippen molar-refractivity contribution in [3.63, 3.8) is 0 Å². The molecule has 0 aliphatic carbocycles. The number of nitrogens with zero attached hydrogens (tertiary/aromatic N) is 1. The lowest BCUT2D eigenvalue weighted by molar-refractivity contribution is 0.102. The summed E-state index contributed by atoms with van der Waals surface area (Å²) in [5, 5.41) is 7.42. The van der Waals surface area contributed by atoms with Crippen LogP contribution in [0.1, 0.15) is 15.9 Å². The number of aromatic nitrogens is 2. The third-order valence-corrected chi connectivity index (χ3v) is 4.75. The number of amides is 1. The quantitative estimate of drug-likeness (QED) is 0.438. The molecule has 0 spiro atoms. The van der Waals surface area contributed by atoms with Crippen molar-refractivity contribution >= 4 is 28.3 Å². The normalized spacial score (nSPS) is 10.7. The first-order valence-corrected chi connectivity index (χ1v) is 9.43. The topological polar surface area (TPSA) is 79.0 Å². The van der Waals surface area contributed by atoms with E-state index in [9.17, 15) is 4.79 Å². The number of ether oxygens (including phenoxy) is 1. The van der Waals surface area contributed by atoms with Crippen LogP contribution in [0.2, 0.25) is 0 Å². The first-order valence-electron chi connectivity index (χ1n) is 9.43. The minimum atomic E-state index is -0.186. The zero-order valence-electron chi connectivity index (χ0n) is 16.1. The monoisotopic (exact) mass is 386 g/mol. The highest BCUT2D eigenvalue weighted by Gasteiger charge is 2.07. The SMILES string of the molecule is COc1ccc(C(=O)Nc2ccc(NCCc3c[nH]c4ccccc34)nc2)cc1. The van der Waals surface area contributed by atoms with E-state index in [4.69, 9.17) is 4.74 Å². The number of hydrogen-bond acceptors (Lipinski definition) is 4. The average Bonchev–Trinajstić information content (AvgIpc) is 3.18. The minimum absolute atomic E-state index is 0.186. The van der Waals surface area contributed by atoms with Crippen LogP contribution in [0.3, 0.4) is 0 Å². The van der Waals surface area contributed by atoms with Crippen molar-refractivity contribution in [2.24, 2.45) is 0 Å². The molecule has 2 aromatic heterocycles. The molecule has 0 saturated carbocycles. The molecule has 0 fully saturated rings. The molecule has 1 amide bonds. The van der Waals surface area contributed by atoms with Crippen LogP contribution in [0.4, 0.5) is 11.5 Å². The lowest BCUT2D eigenvalue weighted by Gasteiger charge is -2.08. The smallest absolute Gasteiger partial charge is 0.255 e. The number of pyridine rings is 1. The first-order chi connectivity index (χ1) is 14.2. The number of anilines is 2. The molecule has 0 aliphatic rings. The zero-order valence-corrected chi connectivity index (χ0v) is 16.1. The Morgan fingerprint density at radius 2 is 1.90 bits per heavy atom. The van der Waals surface area contributed by atoms with Gasteiger partial charge in [0.15, 0.2) is 0 Å². The van der Waals surface area contributed by atoms with Gasteiger partial charge in [-0.2, -0.15) is 0 Å². The molecule has 0 saturated heterocycles. The molecule has 2 aromatic carbocycles. The number of methoxy groups -OCH3 is 1. The molecular formula is C23H22N4O2. The molecule has 6 nitrogen and oxygen atoms in total. The summed E-state index contributed by atoms with van der Waals surface area (Å²) >= 11 is 0. The Morgan fingerprint density at radius 1 is 1.07 bits per heavy atom. The Hall–Kier alpha value is -3.80. The summed E-state index contributed by atoms with van der Waals surface area (Å²) in [6.45, 7) is 0.770. The summed E-state index contributed by atoms with van der Waals surface area (Å²) in [5.41, 5.74) is 3.63. The van der Waals surface area contributed by atoms with Crippen molar-refractivity contribution in [2.45, 2.75) is 6.42 Å². The molecule has 2 heterocycles. The van der Waals surface area contributed by atoms with Gasteiger partial charge in [-0.3, -0.25) is 4.79 Å². The fraction of sp³-hybridized carbons (Fsp3) is 0.130. The Bertz CT molecular complexity index is 1100. The Labute approximate surface area is 168 Å². The average molecular weight is 386 g/mol. The summed E-state index contributed by atoms with van der Waals surface area (Å²) in [6, 6.07) is 18.9. The second-order valence-electron chi connectivity index (χ2n) is 6.65. The second-order valence-corrected chi connectivity index (χ2v) is 6.65. The van der Waals surface area contributed by atoms with Crippen LogP contribution in [0, 0.1) is 0 Å². The van der Waals surface area contributed by atoms with Gasteiger partial charge in [-0.25, -0.2) is 4.98 Å². The highest BCUT2D eigenvalue weighted by atomic mass is 16.5. The largest absolute Gasteiger partial charge is 0.497 e. The van der Waals surface area contributed by atoms with Gasteiger partial charge in [0, 0.05) is 29.2 Å². The van der Waals surface area contributed by atoms with E-state index >= 15 is 0 Å². The fourth-order valence-corrected chi connectivity index (χ4v) is 3.18. The number of para-hydroxylation sites is 1. The van der Waals surface area contributed by atoms with Gasteiger partial charge in [0.1, 0.15) is 11.6 Å². The molecule has 3 N–H and O–H groups in total. The molecule has 0 aliphatic heterocycles. The molecule has 29 heavy (non-hydrogen) atoms. The molecule has 6 heteroatoms. The number of hydrogen-bond donors (Lipinski definition) is 3. The first kappa shape index (κ1) is 18.6.